The van der Waals surface area contributed by atoms with Crippen molar-refractivity contribution in [2.24, 2.45) is 37.9 Å². The van der Waals surface area contributed by atoms with Crippen molar-refractivity contribution in [3.05, 3.63) is 0 Å². The highest BCUT2D eigenvalue weighted by Crippen LogP contribution is 2.69. The van der Waals surface area contributed by atoms with Crippen molar-refractivity contribution < 1.29 is 252 Å². The van der Waals surface area contributed by atoms with Crippen LogP contribution < -0.4 is 0 Å². The van der Waals surface area contributed by atoms with Gasteiger partial charge in [0, 0.05) is 13.3 Å². The molecule has 1 aliphatic carbocycles. The van der Waals surface area contributed by atoms with E-state index in [0.717, 1.165) is 6.92 Å². The molecule has 0 N–H and O–H groups in total. The summed E-state index contributed by atoms with van der Waals surface area (Å²) >= 11 is 0. The Morgan fingerprint density at radius 1 is 0.220 bits per heavy atom. The molecule has 0 atom stereocenters. The summed E-state index contributed by atoms with van der Waals surface area (Å²) in [6, 6.07) is 0. The summed E-state index contributed by atoms with van der Waals surface area (Å²) in [5.41, 5.74) is -11.6. The van der Waals surface area contributed by atoms with E-state index < -0.39 is 273 Å². The fourth-order valence-electron chi connectivity index (χ4n) is 7.68. The number of carbonyl (C=O) groups excluding carboxylic acids is 14. The van der Waals surface area contributed by atoms with Crippen LogP contribution in [0.5, 0.6) is 0 Å². The summed E-state index contributed by atoms with van der Waals surface area (Å²) in [4.78, 5) is 158. The highest BCUT2D eigenvalue weighted by atomic mass is 19.4. The molecule has 1 rings (SSSR count). The van der Waals surface area contributed by atoms with Crippen molar-refractivity contribution in [3.63, 3.8) is 0 Å². The van der Waals surface area contributed by atoms with Crippen LogP contribution in [0.2, 0.25) is 0 Å². The van der Waals surface area contributed by atoms with Crippen LogP contribution >= 0.6 is 0 Å². The molecule has 0 unspecified atom stereocenters. The number of rotatable bonds is 47. The van der Waals surface area contributed by atoms with Gasteiger partial charge in [0.25, 0.3) is 29.4 Å². The first-order valence-electron chi connectivity index (χ1n) is 42.8. The molecular weight excluding hydrogens is 1990 g/mol. The van der Waals surface area contributed by atoms with Gasteiger partial charge in [0.15, 0.2) is 52.9 Å². The minimum absolute atomic E-state index is 0.0936. The molecule has 0 spiro atoms. The molecule has 1 aliphatic rings. The molecule has 1 saturated carbocycles. The maximum Gasteiger partial charge on any atom is 0.422 e. The number of halogens is 27. The first-order valence-corrected chi connectivity index (χ1v) is 42.8. The second-order valence-corrected chi connectivity index (χ2v) is 35.9. The van der Waals surface area contributed by atoms with Crippen molar-refractivity contribution in [2.75, 3.05) is 92.5 Å². The lowest BCUT2D eigenvalue weighted by Gasteiger charge is -2.52. The number of hydrogen-bond acceptors (Lipinski definition) is 28. The molecule has 0 saturated heterocycles. The van der Waals surface area contributed by atoms with Crippen LogP contribution in [0.1, 0.15) is 257 Å². The second kappa shape index (κ2) is 58.6. The summed E-state index contributed by atoms with van der Waals surface area (Å²) < 4.78 is 407. The number of hydrogen-bond donors (Lipinski definition) is 0. The molecule has 830 valence electrons. The quantitative estimate of drug-likeness (QED) is 0.0310. The Kier molecular flexibility index (Phi) is 59.2. The molecule has 0 aromatic carbocycles. The Hall–Kier alpha value is -9.31. The molecule has 0 amide bonds. The van der Waals surface area contributed by atoms with Crippen LogP contribution in [0.4, 0.5) is 119 Å². The minimum atomic E-state index is -7.34. The number of carbonyl (C=O) groups is 14. The van der Waals surface area contributed by atoms with E-state index in [1.165, 1.54) is 13.8 Å². The van der Waals surface area contributed by atoms with E-state index in [0.29, 0.717) is 59.0 Å². The van der Waals surface area contributed by atoms with Gasteiger partial charge in [-0.15, -0.1) is 0 Å². The van der Waals surface area contributed by atoms with E-state index >= 15 is 0 Å². The predicted molar refractivity (Wildman–Crippen MR) is 438 cm³/mol. The zero-order valence-corrected chi connectivity index (χ0v) is 82.7. The monoisotopic (exact) mass is 2120 g/mol. The maximum atomic E-state index is 14.3. The lowest BCUT2D eigenvalue weighted by Crippen LogP contribution is -2.84. The summed E-state index contributed by atoms with van der Waals surface area (Å²) in [6.45, 7) is 25.7. The Balaban J connectivity index is -0.000000382. The van der Waals surface area contributed by atoms with Gasteiger partial charge in [-0.05, 0) is 163 Å². The largest absolute Gasteiger partial charge is 0.466 e. The minimum Gasteiger partial charge on any atom is -0.466 e. The van der Waals surface area contributed by atoms with Crippen LogP contribution in [0, 0.1) is 37.9 Å². The standard InChI is InChI=1S/C16H17F11O4.C13H20F4O4.C13H22F2O4.C12H17F5O4.C11H18F2O4.C11H20O4.C10H15F3O4/c1-4-10(2,3)9(29)30-6-5-8(28)31-7-11(17)12(18,19)14(22,23)16(26,27)15(24,25)13(11,20)21;1-5-11(2,3)10(19)20-6-9(18)21-8-13(16,17)7-12(4,14)15;1-5-12(2,3)11(17)19-8-6-10(16)18-9-7-13(4,14)15;1-4-10(2,3)9(19)20-5-8(18)21-7-11(13,14)6-12(15,16)17;1-5-10(2,3)9(15)16-6-8(14)17-7-11(4,12)13;1-5-11(3,4)10(13)15-8-7-9(12)14-6-2;1-4-9(2,3)8(15)16-5-7(14)17-6-10(11,12)13/h4-7H2,1-3H3;5-8H2,1-4H3;5-9H2,1-4H3;4-7H2,1-3H3;5-7H2,1-4H3;5-8H2,1-4H3;4-6H2,1-3H3. The van der Waals surface area contributed by atoms with Gasteiger partial charge < -0.3 is 66.3 Å². The smallest absolute Gasteiger partial charge is 0.422 e. The molecule has 28 nitrogen and oxygen atoms in total. The highest BCUT2D eigenvalue weighted by molar-refractivity contribution is 5.83. The average molecular weight is 2120 g/mol. The van der Waals surface area contributed by atoms with Gasteiger partial charge in [-0.2, -0.15) is 70.2 Å². The number of alkyl halides is 27. The first-order chi connectivity index (χ1) is 62.8. The van der Waals surface area contributed by atoms with Crippen LogP contribution in [0.15, 0.2) is 0 Å². The lowest BCUT2D eigenvalue weighted by molar-refractivity contribution is -0.487. The summed E-state index contributed by atoms with van der Waals surface area (Å²) in [5.74, 6) is -65.4. The second-order valence-electron chi connectivity index (χ2n) is 35.9. The summed E-state index contributed by atoms with van der Waals surface area (Å²) in [6.07, 6.45) is -11.8. The molecule has 0 aromatic rings. The van der Waals surface area contributed by atoms with E-state index in [-0.39, 0.29) is 57.0 Å². The predicted octanol–water partition coefficient (Wildman–Crippen LogP) is 20.2. The molecule has 0 bridgehead atoms. The molecule has 55 heteroatoms. The third-order valence-corrected chi connectivity index (χ3v) is 19.9. The van der Waals surface area contributed by atoms with Gasteiger partial charge >= 0.3 is 126 Å². The SMILES string of the molecule is CCC(C)(C)C(=O)OCC(=O)OCC(C)(F)F.CCC(C)(C)C(=O)OCC(=O)OCC(F)(F)CC(C)(F)F.CCC(C)(C)C(=O)OCC(=O)OCC(F)(F)CC(F)(F)F.CCC(C)(C)C(=O)OCC(=O)OCC(F)(F)F.CCC(C)(C)C(=O)OCCC(=O)OCC1(F)C(F)(F)C(F)(F)C(F)(F)C(F)(F)C1(F)F.CCC(C)(C)C(=O)OCCC(=O)OCCC(C)(F)F.CCOC(=O)CCOC(=O)C(C)(C)CC. The van der Waals surface area contributed by atoms with Crippen molar-refractivity contribution in [3.8, 4) is 0 Å². The van der Waals surface area contributed by atoms with E-state index in [9.17, 15) is 186 Å². The molecular formula is C86H129F27O28. The Morgan fingerprint density at radius 3 is 0.674 bits per heavy atom. The number of ether oxygens (including phenoxy) is 14. The maximum absolute atomic E-state index is 14.3. The van der Waals surface area contributed by atoms with Crippen LogP contribution in [-0.4, -0.2) is 253 Å². The zero-order valence-electron chi connectivity index (χ0n) is 82.7. The molecule has 141 heavy (non-hydrogen) atoms. The number of esters is 14. The molecule has 0 aliphatic heterocycles. The van der Waals surface area contributed by atoms with Crippen molar-refractivity contribution in [1.29, 1.82) is 0 Å². The van der Waals surface area contributed by atoms with Crippen molar-refractivity contribution in [2.45, 2.75) is 334 Å². The lowest BCUT2D eigenvalue weighted by atomic mass is 9.72. The summed E-state index contributed by atoms with van der Waals surface area (Å²) in [7, 11) is 0. The van der Waals surface area contributed by atoms with Crippen molar-refractivity contribution >= 4 is 83.6 Å². The third-order valence-electron chi connectivity index (χ3n) is 19.9. The normalized spacial score (nSPS) is 15.0. The van der Waals surface area contributed by atoms with Gasteiger partial charge in [0.1, 0.15) is 32.8 Å². The Morgan fingerprint density at radius 2 is 0.447 bits per heavy atom. The average Bonchev–Trinajstić information content (AvgIpc) is 0.662. The fourth-order valence-corrected chi connectivity index (χ4v) is 7.68. The van der Waals surface area contributed by atoms with Crippen molar-refractivity contribution in [1.82, 2.24) is 0 Å². The highest BCUT2D eigenvalue weighted by Gasteiger charge is 3.01. The van der Waals surface area contributed by atoms with Gasteiger partial charge in [-0.25, -0.2) is 67.5 Å². The van der Waals surface area contributed by atoms with Crippen LogP contribution in [-0.2, 0) is 133 Å². The van der Waals surface area contributed by atoms with E-state index in [1.807, 2.05) is 27.7 Å². The Bertz CT molecular complexity index is 3760. The summed E-state index contributed by atoms with van der Waals surface area (Å²) in [5, 5.41) is 0. The molecule has 0 aromatic heterocycles. The van der Waals surface area contributed by atoms with Crippen LogP contribution in [0.25, 0.3) is 0 Å². The van der Waals surface area contributed by atoms with Gasteiger partial charge in [0.2, 0.25) is 5.92 Å². The fraction of sp³-hybridized carbons (Fsp3) is 0.837. The first kappa shape index (κ1) is 142. The van der Waals surface area contributed by atoms with Crippen LogP contribution in [0.3, 0.4) is 0 Å². The van der Waals surface area contributed by atoms with Gasteiger partial charge in [0.05, 0.1) is 76.8 Å². The third kappa shape index (κ3) is 55.4. The zero-order chi connectivity index (χ0) is 113. The van der Waals surface area contributed by atoms with Gasteiger partial charge in [-0.3, -0.25) is 47.9 Å². The molecule has 0 radical (unpaired) electrons. The molecule has 0 heterocycles. The molecule has 1 fully saturated rings. The Labute approximate surface area is 797 Å². The topological polar surface area (TPSA) is 368 Å². The van der Waals surface area contributed by atoms with Gasteiger partial charge in [-0.1, -0.05) is 48.5 Å². The van der Waals surface area contributed by atoms with E-state index in [4.69, 9.17) is 14.2 Å². The van der Waals surface area contributed by atoms with E-state index in [2.05, 4.69) is 52.1 Å². The van der Waals surface area contributed by atoms with E-state index in [1.54, 1.807) is 111 Å².